The molecule has 3 aliphatic heterocycles. The smallest absolute Gasteiger partial charge is 0.347 e. The Hall–Kier alpha value is -1.92. The van der Waals surface area contributed by atoms with Gasteiger partial charge in [-0.25, -0.2) is 4.79 Å². The number of fused-ring (bicyclic) bond motifs is 1. The molecule has 3 heterocycles. The van der Waals surface area contributed by atoms with Crippen molar-refractivity contribution in [3.05, 3.63) is 29.8 Å². The average molecular weight is 472 g/mol. The molecule has 0 bridgehead atoms. The number of amides is 2. The van der Waals surface area contributed by atoms with Crippen LogP contribution in [-0.2, 0) is 29.9 Å². The van der Waals surface area contributed by atoms with Crippen LogP contribution in [-0.4, -0.2) is 54.9 Å². The van der Waals surface area contributed by atoms with Crippen molar-refractivity contribution < 1.29 is 41.7 Å². The molecule has 1 saturated carbocycles. The molecule has 5 atom stereocenters. The molecule has 2 amide bonds. The van der Waals surface area contributed by atoms with Crippen molar-refractivity contribution in [2.45, 2.75) is 87.9 Å². The molecule has 4 fully saturated rings. The summed E-state index contributed by atoms with van der Waals surface area (Å²) in [5.74, 6) is -1.57. The fourth-order valence-electron chi connectivity index (χ4n) is 5.08. The van der Waals surface area contributed by atoms with Gasteiger partial charge in [-0.2, -0.15) is 13.2 Å². The largest absolute Gasteiger partial charge is 0.418 e. The second kappa shape index (κ2) is 8.09. The van der Waals surface area contributed by atoms with E-state index in [9.17, 15) is 18.0 Å². The van der Waals surface area contributed by atoms with Crippen LogP contribution in [0.15, 0.2) is 24.3 Å². The van der Waals surface area contributed by atoms with E-state index >= 15 is 0 Å². The molecule has 2 N–H and O–H groups in total. The predicted molar refractivity (Wildman–Crippen MR) is 108 cm³/mol. The lowest BCUT2D eigenvalue weighted by Gasteiger charge is -2.30. The third kappa shape index (κ3) is 4.44. The highest BCUT2D eigenvalue weighted by Gasteiger charge is 2.59. The third-order valence-corrected chi connectivity index (χ3v) is 6.47. The van der Waals surface area contributed by atoms with Crippen molar-refractivity contribution in [3.63, 3.8) is 0 Å². The minimum Gasteiger partial charge on any atom is -0.347 e. The van der Waals surface area contributed by atoms with Gasteiger partial charge in [0.25, 0.3) is 0 Å². The summed E-state index contributed by atoms with van der Waals surface area (Å²) in [6.45, 7) is 3.73. The lowest BCUT2D eigenvalue weighted by molar-refractivity contribution is -0.226. The Morgan fingerprint density at radius 3 is 2.52 bits per heavy atom. The van der Waals surface area contributed by atoms with Gasteiger partial charge in [-0.15, -0.1) is 0 Å². The normalized spacial score (nSPS) is 34.5. The van der Waals surface area contributed by atoms with Gasteiger partial charge in [-0.3, -0.25) is 0 Å². The second-order valence-corrected chi connectivity index (χ2v) is 9.32. The molecule has 182 valence electrons. The number of alkyl halides is 3. The van der Waals surface area contributed by atoms with Crippen LogP contribution in [0.25, 0.3) is 0 Å². The molecule has 11 heteroatoms. The summed E-state index contributed by atoms with van der Waals surface area (Å²) in [6, 6.07) is 3.26. The number of hydrogen-bond donors (Lipinski definition) is 2. The van der Waals surface area contributed by atoms with Crippen LogP contribution >= 0.6 is 0 Å². The van der Waals surface area contributed by atoms with Crippen LogP contribution in [0.2, 0.25) is 0 Å². The first-order chi connectivity index (χ1) is 15.6. The summed E-state index contributed by atoms with van der Waals surface area (Å²) in [5.41, 5.74) is -1.28. The van der Waals surface area contributed by atoms with Gasteiger partial charge in [0, 0.05) is 12.8 Å². The van der Waals surface area contributed by atoms with E-state index in [1.54, 1.807) is 13.8 Å². The van der Waals surface area contributed by atoms with Crippen LogP contribution in [0, 0.1) is 0 Å². The molecule has 0 radical (unpaired) electrons. The van der Waals surface area contributed by atoms with Crippen molar-refractivity contribution in [3.8, 4) is 0 Å². The molecule has 0 aromatic heterocycles. The first-order valence-electron chi connectivity index (χ1n) is 11.1. The van der Waals surface area contributed by atoms with Crippen LogP contribution < -0.4 is 10.6 Å². The summed E-state index contributed by atoms with van der Waals surface area (Å²) in [6.07, 6.45) is -3.55. The highest BCUT2D eigenvalue weighted by Crippen LogP contribution is 2.44. The van der Waals surface area contributed by atoms with E-state index in [1.165, 1.54) is 18.2 Å². The SMILES string of the molecule is CC1(C)O[C@H]2O[C@H]([C@H]3COC4(CCCC4)O3)[C@H](NC(=O)Nc3ccccc3C(F)(F)F)[C@H]2O1. The van der Waals surface area contributed by atoms with E-state index in [0.29, 0.717) is 0 Å². The highest BCUT2D eigenvalue weighted by molar-refractivity contribution is 5.90. The minimum atomic E-state index is -4.61. The Balaban J connectivity index is 1.33. The third-order valence-electron chi connectivity index (χ3n) is 6.47. The van der Waals surface area contributed by atoms with Gasteiger partial charge in [-0.1, -0.05) is 12.1 Å². The summed E-state index contributed by atoms with van der Waals surface area (Å²) < 4.78 is 70.0. The predicted octanol–water partition coefficient (Wildman–Crippen LogP) is 3.76. The Bertz CT molecular complexity index is 904. The molecule has 3 saturated heterocycles. The first-order valence-corrected chi connectivity index (χ1v) is 11.1. The van der Waals surface area contributed by atoms with Gasteiger partial charge in [0.2, 0.25) is 0 Å². The quantitative estimate of drug-likeness (QED) is 0.697. The standard InChI is InChI=1S/C22H27F3N2O6/c1-20(2)32-17-15(27-19(28)26-13-8-4-3-7-12(13)22(23,24)25)16(30-18(17)33-20)14-11-29-21(31-14)9-5-6-10-21/h3-4,7-8,14-18H,5-6,9-11H2,1-2H3,(H2,26,27,28)/t14-,15+,16-,17-,18-/m1/s1. The van der Waals surface area contributed by atoms with E-state index in [4.69, 9.17) is 23.7 Å². The molecule has 8 nitrogen and oxygen atoms in total. The fourth-order valence-corrected chi connectivity index (χ4v) is 5.08. The van der Waals surface area contributed by atoms with E-state index < -0.39 is 60.0 Å². The Morgan fingerprint density at radius 2 is 1.79 bits per heavy atom. The average Bonchev–Trinajstić information content (AvgIpc) is 3.48. The summed E-state index contributed by atoms with van der Waals surface area (Å²) in [4.78, 5) is 12.8. The van der Waals surface area contributed by atoms with Gasteiger partial charge < -0.3 is 34.3 Å². The maximum Gasteiger partial charge on any atom is 0.418 e. The number of para-hydroxylation sites is 1. The first kappa shape index (κ1) is 22.9. The van der Waals surface area contributed by atoms with Crippen LogP contribution in [0.3, 0.4) is 0 Å². The zero-order valence-electron chi connectivity index (χ0n) is 18.3. The van der Waals surface area contributed by atoms with Crippen molar-refractivity contribution in [1.29, 1.82) is 0 Å². The number of carbonyl (C=O) groups is 1. The maximum absolute atomic E-state index is 13.3. The number of hydrogen-bond acceptors (Lipinski definition) is 6. The van der Waals surface area contributed by atoms with Crippen LogP contribution in [0.5, 0.6) is 0 Å². The Kier molecular flexibility index (Phi) is 5.60. The van der Waals surface area contributed by atoms with Gasteiger partial charge in [0.15, 0.2) is 17.9 Å². The van der Waals surface area contributed by atoms with E-state index in [2.05, 4.69) is 10.6 Å². The molecular formula is C22H27F3N2O6. The summed E-state index contributed by atoms with van der Waals surface area (Å²) in [7, 11) is 0. The molecule has 1 spiro atoms. The fraction of sp³-hybridized carbons (Fsp3) is 0.682. The summed E-state index contributed by atoms with van der Waals surface area (Å²) >= 11 is 0. The zero-order chi connectivity index (χ0) is 23.4. The number of anilines is 1. The van der Waals surface area contributed by atoms with Crippen molar-refractivity contribution >= 4 is 11.7 Å². The van der Waals surface area contributed by atoms with Crippen molar-refractivity contribution in [1.82, 2.24) is 5.32 Å². The topological polar surface area (TPSA) is 87.3 Å². The number of benzene rings is 1. The summed E-state index contributed by atoms with van der Waals surface area (Å²) in [5, 5.41) is 5.05. The lowest BCUT2D eigenvalue weighted by Crippen LogP contribution is -2.53. The molecule has 1 aromatic rings. The Labute approximate surface area is 189 Å². The van der Waals surface area contributed by atoms with E-state index in [1.807, 2.05) is 0 Å². The number of nitrogens with one attached hydrogen (secondary N) is 2. The van der Waals surface area contributed by atoms with Crippen molar-refractivity contribution in [2.24, 2.45) is 0 Å². The molecule has 5 rings (SSSR count). The maximum atomic E-state index is 13.3. The molecular weight excluding hydrogens is 445 g/mol. The number of urea groups is 1. The molecule has 1 aromatic carbocycles. The number of rotatable bonds is 3. The van der Waals surface area contributed by atoms with Crippen molar-refractivity contribution in [2.75, 3.05) is 11.9 Å². The highest BCUT2D eigenvalue weighted by atomic mass is 19.4. The van der Waals surface area contributed by atoms with E-state index in [-0.39, 0.29) is 12.3 Å². The molecule has 1 aliphatic carbocycles. The monoisotopic (exact) mass is 472 g/mol. The molecule has 33 heavy (non-hydrogen) atoms. The lowest BCUT2D eigenvalue weighted by atomic mass is 10.0. The van der Waals surface area contributed by atoms with Crippen LogP contribution in [0.1, 0.15) is 45.1 Å². The van der Waals surface area contributed by atoms with E-state index in [0.717, 1.165) is 31.7 Å². The van der Waals surface area contributed by atoms with Crippen LogP contribution in [0.4, 0.5) is 23.7 Å². The van der Waals surface area contributed by atoms with Gasteiger partial charge in [0.1, 0.15) is 18.3 Å². The van der Waals surface area contributed by atoms with Gasteiger partial charge in [-0.05, 0) is 38.8 Å². The number of ether oxygens (including phenoxy) is 5. The van der Waals surface area contributed by atoms with Gasteiger partial charge in [0.05, 0.1) is 23.9 Å². The minimum absolute atomic E-state index is 0.282. The second-order valence-electron chi connectivity index (χ2n) is 9.32. The zero-order valence-corrected chi connectivity index (χ0v) is 18.3. The molecule has 4 aliphatic rings. The Morgan fingerprint density at radius 1 is 1.06 bits per heavy atom. The number of halogens is 3. The van der Waals surface area contributed by atoms with Gasteiger partial charge >= 0.3 is 12.2 Å². The molecule has 0 unspecified atom stereocenters. The number of carbonyl (C=O) groups excluding carboxylic acids is 1.